The van der Waals surface area contributed by atoms with Gasteiger partial charge in [0.1, 0.15) is 15.8 Å². The first-order chi connectivity index (χ1) is 9.70. The van der Waals surface area contributed by atoms with Crippen LogP contribution in [0, 0.1) is 11.8 Å². The molecule has 0 spiro atoms. The van der Waals surface area contributed by atoms with E-state index in [0.29, 0.717) is 0 Å². The Morgan fingerprint density at radius 3 is 2.33 bits per heavy atom. The quantitative estimate of drug-likeness (QED) is 0.752. The monoisotopic (exact) mass is 316 g/mol. The van der Waals surface area contributed by atoms with Gasteiger partial charge in [0.15, 0.2) is 0 Å². The van der Waals surface area contributed by atoms with E-state index in [9.17, 15) is 22.8 Å². The first-order valence-electron chi connectivity index (χ1n) is 7.06. The standard InChI is InChI=1S/C13H20N2O5S/c1-8(7-21(2,19)20)15-12(17)10(9-5-3-4-6-9)11(16)14-13(15)18/h8-10H,3-7H2,1-2H3,(H,14,16,18). The van der Waals surface area contributed by atoms with Gasteiger partial charge in [0.25, 0.3) is 0 Å². The molecule has 0 aromatic rings. The Hall–Kier alpha value is -1.44. The molecule has 1 saturated carbocycles. The minimum atomic E-state index is -3.33. The van der Waals surface area contributed by atoms with Crippen molar-refractivity contribution in [1.29, 1.82) is 0 Å². The van der Waals surface area contributed by atoms with E-state index in [0.717, 1.165) is 36.8 Å². The van der Waals surface area contributed by atoms with Gasteiger partial charge in [-0.3, -0.25) is 19.8 Å². The molecule has 1 saturated heterocycles. The number of nitrogens with zero attached hydrogens (tertiary/aromatic N) is 1. The number of imide groups is 2. The zero-order chi connectivity index (χ0) is 15.8. The molecule has 4 amide bonds. The maximum atomic E-state index is 12.5. The van der Waals surface area contributed by atoms with Gasteiger partial charge >= 0.3 is 6.03 Å². The van der Waals surface area contributed by atoms with Gasteiger partial charge in [-0.2, -0.15) is 0 Å². The second kappa shape index (κ2) is 5.75. The molecule has 1 aliphatic carbocycles. The summed E-state index contributed by atoms with van der Waals surface area (Å²) >= 11 is 0. The molecule has 0 radical (unpaired) electrons. The van der Waals surface area contributed by atoms with Gasteiger partial charge in [0.05, 0.1) is 11.8 Å². The van der Waals surface area contributed by atoms with Crippen LogP contribution in [0.5, 0.6) is 0 Å². The molecule has 7 nitrogen and oxygen atoms in total. The molecule has 2 aliphatic rings. The highest BCUT2D eigenvalue weighted by Gasteiger charge is 2.46. The average molecular weight is 316 g/mol. The molecule has 2 rings (SSSR count). The molecule has 0 bridgehead atoms. The number of sulfone groups is 1. The average Bonchev–Trinajstić information content (AvgIpc) is 2.78. The van der Waals surface area contributed by atoms with Crippen LogP contribution in [0.3, 0.4) is 0 Å². The Balaban J connectivity index is 2.22. The first-order valence-corrected chi connectivity index (χ1v) is 9.12. The van der Waals surface area contributed by atoms with Crippen molar-refractivity contribution >= 4 is 27.7 Å². The number of carbonyl (C=O) groups excluding carboxylic acids is 3. The summed E-state index contributed by atoms with van der Waals surface area (Å²) in [4.78, 5) is 37.2. The molecule has 21 heavy (non-hydrogen) atoms. The van der Waals surface area contributed by atoms with Gasteiger partial charge in [-0.1, -0.05) is 12.8 Å². The normalized spacial score (nSPS) is 26.1. The minimum Gasteiger partial charge on any atom is -0.277 e. The minimum absolute atomic E-state index is 0.0569. The van der Waals surface area contributed by atoms with Crippen LogP contribution in [-0.4, -0.2) is 49.2 Å². The van der Waals surface area contributed by atoms with Gasteiger partial charge < -0.3 is 0 Å². The largest absolute Gasteiger partial charge is 0.331 e. The van der Waals surface area contributed by atoms with Crippen LogP contribution in [0.4, 0.5) is 4.79 Å². The van der Waals surface area contributed by atoms with Crippen molar-refractivity contribution in [1.82, 2.24) is 10.2 Å². The van der Waals surface area contributed by atoms with Gasteiger partial charge in [0.2, 0.25) is 11.8 Å². The van der Waals surface area contributed by atoms with Crippen molar-refractivity contribution in [3.63, 3.8) is 0 Å². The second-order valence-corrected chi connectivity index (χ2v) is 8.15. The molecule has 2 fully saturated rings. The zero-order valence-corrected chi connectivity index (χ0v) is 13.0. The van der Waals surface area contributed by atoms with Crippen LogP contribution >= 0.6 is 0 Å². The molecular formula is C13H20N2O5S. The van der Waals surface area contributed by atoms with Crippen molar-refractivity contribution in [3.05, 3.63) is 0 Å². The van der Waals surface area contributed by atoms with Crippen molar-refractivity contribution in [2.45, 2.75) is 38.6 Å². The predicted molar refractivity (Wildman–Crippen MR) is 75.0 cm³/mol. The smallest absolute Gasteiger partial charge is 0.277 e. The van der Waals surface area contributed by atoms with Gasteiger partial charge in [-0.25, -0.2) is 13.2 Å². The molecule has 0 aromatic heterocycles. The van der Waals surface area contributed by atoms with Gasteiger partial charge in [-0.05, 0) is 25.7 Å². The molecular weight excluding hydrogens is 296 g/mol. The fourth-order valence-corrected chi connectivity index (χ4v) is 4.27. The number of barbiturate groups is 1. The number of amides is 4. The molecule has 8 heteroatoms. The maximum Gasteiger partial charge on any atom is 0.331 e. The highest BCUT2D eigenvalue weighted by Crippen LogP contribution is 2.34. The fraction of sp³-hybridized carbons (Fsp3) is 0.769. The molecule has 1 N–H and O–H groups in total. The summed E-state index contributed by atoms with van der Waals surface area (Å²) in [7, 11) is -3.33. The van der Waals surface area contributed by atoms with Gasteiger partial charge in [0, 0.05) is 6.26 Å². The highest BCUT2D eigenvalue weighted by atomic mass is 32.2. The fourth-order valence-electron chi connectivity index (χ4n) is 3.24. The summed E-state index contributed by atoms with van der Waals surface area (Å²) in [5.74, 6) is -2.35. The van der Waals surface area contributed by atoms with Crippen molar-refractivity contribution in [2.24, 2.45) is 11.8 Å². The molecule has 2 atom stereocenters. The number of urea groups is 1. The summed E-state index contributed by atoms with van der Waals surface area (Å²) in [5, 5.41) is 2.19. The summed E-state index contributed by atoms with van der Waals surface area (Å²) in [6.07, 6.45) is 4.55. The van der Waals surface area contributed by atoms with E-state index in [1.165, 1.54) is 6.92 Å². The molecule has 1 heterocycles. The topological polar surface area (TPSA) is 101 Å². The number of hydrogen-bond acceptors (Lipinski definition) is 5. The lowest BCUT2D eigenvalue weighted by Crippen LogP contribution is -2.62. The van der Waals surface area contributed by atoms with Crippen molar-refractivity contribution in [3.8, 4) is 0 Å². The summed E-state index contributed by atoms with van der Waals surface area (Å²) < 4.78 is 22.7. The van der Waals surface area contributed by atoms with Crippen LogP contribution < -0.4 is 5.32 Å². The second-order valence-electron chi connectivity index (χ2n) is 5.97. The Kier molecular flexibility index (Phi) is 4.36. The van der Waals surface area contributed by atoms with Crippen molar-refractivity contribution < 1.29 is 22.8 Å². The lowest BCUT2D eigenvalue weighted by Gasteiger charge is -2.35. The molecule has 118 valence electrons. The highest BCUT2D eigenvalue weighted by molar-refractivity contribution is 7.90. The van der Waals surface area contributed by atoms with Crippen molar-refractivity contribution in [2.75, 3.05) is 12.0 Å². The predicted octanol–water partition coefficient (Wildman–Crippen LogP) is 0.304. The summed E-state index contributed by atoms with van der Waals surface area (Å²) in [5.41, 5.74) is 0. The van der Waals surface area contributed by atoms with Crippen LogP contribution in [0.15, 0.2) is 0 Å². The third kappa shape index (κ3) is 3.42. The van der Waals surface area contributed by atoms with E-state index in [4.69, 9.17) is 0 Å². The Labute approximate surface area is 124 Å². The Morgan fingerprint density at radius 2 is 1.81 bits per heavy atom. The van der Waals surface area contributed by atoms with E-state index in [-0.39, 0.29) is 11.7 Å². The Morgan fingerprint density at radius 1 is 1.24 bits per heavy atom. The Bertz CT molecular complexity index is 565. The SMILES string of the molecule is CC(CS(C)(=O)=O)N1C(=O)NC(=O)C(C2CCCC2)C1=O. The van der Waals surface area contributed by atoms with E-state index in [1.807, 2.05) is 0 Å². The number of nitrogens with one attached hydrogen (secondary N) is 1. The number of carbonyl (C=O) groups is 3. The molecule has 1 aliphatic heterocycles. The number of hydrogen-bond donors (Lipinski definition) is 1. The molecule has 0 aromatic carbocycles. The maximum absolute atomic E-state index is 12.5. The third-order valence-electron chi connectivity index (χ3n) is 4.09. The van der Waals surface area contributed by atoms with E-state index >= 15 is 0 Å². The van der Waals surface area contributed by atoms with Crippen LogP contribution in [-0.2, 0) is 19.4 Å². The molecule has 2 unspecified atom stereocenters. The summed E-state index contributed by atoms with van der Waals surface area (Å²) in [6.45, 7) is 1.50. The first kappa shape index (κ1) is 15.9. The zero-order valence-electron chi connectivity index (χ0n) is 12.2. The number of rotatable bonds is 4. The summed E-state index contributed by atoms with van der Waals surface area (Å²) in [6, 6.07) is -1.61. The lowest BCUT2D eigenvalue weighted by atomic mass is 9.87. The van der Waals surface area contributed by atoms with Gasteiger partial charge in [-0.15, -0.1) is 0 Å². The third-order valence-corrected chi connectivity index (χ3v) is 5.18. The van der Waals surface area contributed by atoms with E-state index < -0.39 is 39.6 Å². The van der Waals surface area contributed by atoms with E-state index in [2.05, 4.69) is 5.32 Å². The van der Waals surface area contributed by atoms with Crippen LogP contribution in [0.2, 0.25) is 0 Å². The van der Waals surface area contributed by atoms with E-state index in [1.54, 1.807) is 0 Å². The lowest BCUT2D eigenvalue weighted by molar-refractivity contribution is -0.146. The van der Waals surface area contributed by atoms with Crippen LogP contribution in [0.1, 0.15) is 32.6 Å². The van der Waals surface area contributed by atoms with Crippen LogP contribution in [0.25, 0.3) is 0 Å².